The standard InChI is InChI=1S/C21H21F3N2O2/c1-2-26(15-6-4-3-5-7-15)20(27)14-10-12-25(13-11-14)21(28)16-8-9-17(22)19(24)18(16)23/h3-9,14H,2,10-13H2,1H3. The van der Waals surface area contributed by atoms with Gasteiger partial charge in [-0.15, -0.1) is 0 Å². The van der Waals surface area contributed by atoms with Gasteiger partial charge in [-0.1, -0.05) is 18.2 Å². The molecule has 0 bridgehead atoms. The Morgan fingerprint density at radius 1 is 1.00 bits per heavy atom. The van der Waals surface area contributed by atoms with Crippen molar-refractivity contribution < 1.29 is 22.8 Å². The van der Waals surface area contributed by atoms with Gasteiger partial charge in [0.1, 0.15) is 0 Å². The van der Waals surface area contributed by atoms with E-state index in [-0.39, 0.29) is 24.9 Å². The Labute approximate surface area is 161 Å². The van der Waals surface area contributed by atoms with Crippen molar-refractivity contribution in [1.29, 1.82) is 0 Å². The molecule has 0 atom stereocenters. The van der Waals surface area contributed by atoms with Crippen molar-refractivity contribution in [2.24, 2.45) is 5.92 Å². The van der Waals surface area contributed by atoms with Crippen LogP contribution in [-0.2, 0) is 4.79 Å². The molecule has 2 aromatic carbocycles. The summed E-state index contributed by atoms with van der Waals surface area (Å²) in [5.74, 6) is -5.43. The normalized spacial score (nSPS) is 14.8. The maximum absolute atomic E-state index is 13.9. The molecule has 0 saturated carbocycles. The highest BCUT2D eigenvalue weighted by molar-refractivity contribution is 5.96. The predicted molar refractivity (Wildman–Crippen MR) is 99.4 cm³/mol. The van der Waals surface area contributed by atoms with E-state index in [4.69, 9.17) is 0 Å². The van der Waals surface area contributed by atoms with E-state index in [2.05, 4.69) is 0 Å². The summed E-state index contributed by atoms with van der Waals surface area (Å²) in [7, 11) is 0. The number of carbonyl (C=O) groups is 2. The quantitative estimate of drug-likeness (QED) is 0.741. The van der Waals surface area contributed by atoms with Crippen LogP contribution in [-0.4, -0.2) is 36.3 Å². The minimum atomic E-state index is -1.66. The number of rotatable bonds is 4. The van der Waals surface area contributed by atoms with Gasteiger partial charge in [-0.2, -0.15) is 0 Å². The zero-order valence-corrected chi connectivity index (χ0v) is 15.5. The van der Waals surface area contributed by atoms with Gasteiger partial charge in [-0.05, 0) is 44.0 Å². The molecular weight excluding hydrogens is 369 g/mol. The van der Waals surface area contributed by atoms with Crippen LogP contribution in [0.2, 0.25) is 0 Å². The monoisotopic (exact) mass is 390 g/mol. The number of para-hydroxylation sites is 1. The molecule has 0 aliphatic carbocycles. The fourth-order valence-electron chi connectivity index (χ4n) is 3.48. The molecule has 1 aliphatic heterocycles. The van der Waals surface area contributed by atoms with Gasteiger partial charge in [-0.25, -0.2) is 13.2 Å². The van der Waals surface area contributed by atoms with E-state index in [9.17, 15) is 22.8 Å². The van der Waals surface area contributed by atoms with Crippen LogP contribution in [0.4, 0.5) is 18.9 Å². The number of nitrogens with zero attached hydrogens (tertiary/aromatic N) is 2. The Morgan fingerprint density at radius 2 is 1.64 bits per heavy atom. The molecule has 28 heavy (non-hydrogen) atoms. The first-order valence-corrected chi connectivity index (χ1v) is 9.23. The lowest BCUT2D eigenvalue weighted by Crippen LogP contribution is -2.44. The number of likely N-dealkylation sites (tertiary alicyclic amines) is 1. The number of anilines is 1. The fraction of sp³-hybridized carbons (Fsp3) is 0.333. The third-order valence-corrected chi connectivity index (χ3v) is 5.05. The molecule has 4 nitrogen and oxygen atoms in total. The van der Waals surface area contributed by atoms with Crippen LogP contribution in [0.1, 0.15) is 30.1 Å². The number of amides is 2. The number of carbonyl (C=O) groups excluding carboxylic acids is 2. The average molecular weight is 390 g/mol. The third kappa shape index (κ3) is 3.88. The van der Waals surface area contributed by atoms with Crippen molar-refractivity contribution >= 4 is 17.5 Å². The molecule has 2 aromatic rings. The van der Waals surface area contributed by atoms with Crippen molar-refractivity contribution in [3.05, 3.63) is 65.5 Å². The molecular formula is C21H21F3N2O2. The van der Waals surface area contributed by atoms with Gasteiger partial charge in [0.05, 0.1) is 5.56 Å². The van der Waals surface area contributed by atoms with Gasteiger partial charge >= 0.3 is 0 Å². The number of hydrogen-bond acceptors (Lipinski definition) is 2. The summed E-state index contributed by atoms with van der Waals surface area (Å²) in [6, 6.07) is 11.0. The van der Waals surface area contributed by atoms with Gasteiger partial charge in [0.25, 0.3) is 5.91 Å². The van der Waals surface area contributed by atoms with Gasteiger partial charge in [0, 0.05) is 31.2 Å². The Hall–Kier alpha value is -2.83. The molecule has 1 saturated heterocycles. The summed E-state index contributed by atoms with van der Waals surface area (Å²) in [6.07, 6.45) is 0.860. The number of benzene rings is 2. The van der Waals surface area contributed by atoms with Crippen molar-refractivity contribution in [2.45, 2.75) is 19.8 Å². The SMILES string of the molecule is CCN(C(=O)C1CCN(C(=O)c2ccc(F)c(F)c2F)CC1)c1ccccc1. The highest BCUT2D eigenvalue weighted by Gasteiger charge is 2.32. The summed E-state index contributed by atoms with van der Waals surface area (Å²) in [5, 5.41) is 0. The summed E-state index contributed by atoms with van der Waals surface area (Å²) in [6.45, 7) is 2.93. The maximum Gasteiger partial charge on any atom is 0.256 e. The van der Waals surface area contributed by atoms with E-state index in [1.165, 1.54) is 4.90 Å². The summed E-state index contributed by atoms with van der Waals surface area (Å²) < 4.78 is 40.4. The van der Waals surface area contributed by atoms with Crippen LogP contribution in [0.25, 0.3) is 0 Å². The van der Waals surface area contributed by atoms with Gasteiger partial charge in [-0.3, -0.25) is 9.59 Å². The molecule has 1 aliphatic rings. The third-order valence-electron chi connectivity index (χ3n) is 5.05. The highest BCUT2D eigenvalue weighted by atomic mass is 19.2. The van der Waals surface area contributed by atoms with Crippen LogP contribution >= 0.6 is 0 Å². The molecule has 7 heteroatoms. The summed E-state index contributed by atoms with van der Waals surface area (Å²) in [4.78, 5) is 28.4. The zero-order chi connectivity index (χ0) is 20.3. The second-order valence-corrected chi connectivity index (χ2v) is 6.71. The van der Waals surface area contributed by atoms with E-state index in [1.807, 2.05) is 37.3 Å². The average Bonchev–Trinajstić information content (AvgIpc) is 2.73. The molecule has 3 rings (SSSR count). The van der Waals surface area contributed by atoms with Crippen molar-refractivity contribution in [3.8, 4) is 0 Å². The lowest BCUT2D eigenvalue weighted by atomic mass is 9.94. The Morgan fingerprint density at radius 3 is 2.25 bits per heavy atom. The summed E-state index contributed by atoms with van der Waals surface area (Å²) >= 11 is 0. The molecule has 0 aromatic heterocycles. The second kappa shape index (κ2) is 8.46. The number of halogens is 3. The first-order valence-electron chi connectivity index (χ1n) is 9.23. The van der Waals surface area contributed by atoms with E-state index >= 15 is 0 Å². The molecule has 0 spiro atoms. The van der Waals surface area contributed by atoms with Crippen LogP contribution in [0.15, 0.2) is 42.5 Å². The first kappa shape index (κ1) is 19.9. The Bertz CT molecular complexity index is 865. The topological polar surface area (TPSA) is 40.6 Å². The highest BCUT2D eigenvalue weighted by Crippen LogP contribution is 2.25. The van der Waals surface area contributed by atoms with Crippen LogP contribution in [0.3, 0.4) is 0 Å². The van der Waals surface area contributed by atoms with E-state index in [1.54, 1.807) is 4.90 Å². The van der Waals surface area contributed by atoms with Crippen LogP contribution < -0.4 is 4.90 Å². The van der Waals surface area contributed by atoms with Crippen molar-refractivity contribution in [2.75, 3.05) is 24.5 Å². The minimum Gasteiger partial charge on any atom is -0.339 e. The Balaban J connectivity index is 1.66. The lowest BCUT2D eigenvalue weighted by Gasteiger charge is -2.34. The molecule has 0 unspecified atom stereocenters. The van der Waals surface area contributed by atoms with E-state index in [0.717, 1.165) is 17.8 Å². The van der Waals surface area contributed by atoms with Crippen LogP contribution in [0, 0.1) is 23.4 Å². The van der Waals surface area contributed by atoms with Gasteiger partial charge < -0.3 is 9.80 Å². The van der Waals surface area contributed by atoms with Crippen molar-refractivity contribution in [1.82, 2.24) is 4.90 Å². The molecule has 1 heterocycles. The molecule has 148 valence electrons. The predicted octanol–water partition coefficient (Wildman–Crippen LogP) is 4.01. The zero-order valence-electron chi connectivity index (χ0n) is 15.5. The largest absolute Gasteiger partial charge is 0.339 e. The Kier molecular flexibility index (Phi) is 6.02. The molecule has 0 N–H and O–H groups in total. The smallest absolute Gasteiger partial charge is 0.256 e. The molecule has 2 amide bonds. The first-order chi connectivity index (χ1) is 13.4. The maximum atomic E-state index is 13.9. The van der Waals surface area contributed by atoms with E-state index < -0.39 is 28.9 Å². The number of hydrogen-bond donors (Lipinski definition) is 0. The minimum absolute atomic E-state index is 0.0141. The lowest BCUT2D eigenvalue weighted by molar-refractivity contribution is -0.123. The van der Waals surface area contributed by atoms with Crippen LogP contribution in [0.5, 0.6) is 0 Å². The fourth-order valence-corrected chi connectivity index (χ4v) is 3.48. The van der Waals surface area contributed by atoms with Gasteiger partial charge in [0.2, 0.25) is 5.91 Å². The second-order valence-electron chi connectivity index (χ2n) is 6.71. The molecule has 0 radical (unpaired) electrons. The number of piperidine rings is 1. The van der Waals surface area contributed by atoms with Crippen molar-refractivity contribution in [3.63, 3.8) is 0 Å². The summed E-state index contributed by atoms with van der Waals surface area (Å²) in [5.41, 5.74) is 0.320. The molecule has 1 fully saturated rings. The van der Waals surface area contributed by atoms with E-state index in [0.29, 0.717) is 19.4 Å². The van der Waals surface area contributed by atoms with Gasteiger partial charge in [0.15, 0.2) is 17.5 Å².